The molecule has 0 aromatic heterocycles. The van der Waals surface area contributed by atoms with E-state index in [1.807, 2.05) is 0 Å². The lowest BCUT2D eigenvalue weighted by Crippen LogP contribution is -2.00. The molecule has 0 unspecified atom stereocenters. The second-order valence-electron chi connectivity index (χ2n) is 6.84. The highest BCUT2D eigenvalue weighted by Crippen LogP contribution is 2.42. The number of nitrogen functional groups attached to an aromatic ring is 1. The van der Waals surface area contributed by atoms with Crippen LogP contribution in [-0.4, -0.2) is 31.0 Å². The first kappa shape index (κ1) is 21.6. The Bertz CT molecular complexity index is 1650. The molecule has 10 nitrogen and oxygen atoms in total. The molecule has 0 spiro atoms. The number of hydrogen-bond acceptors (Lipinski definition) is 8. The SMILES string of the molecule is Nc1ccc2c(O)c(N=Nc3ccc4ccccc4c3S(=O)(=O)O)c(S(=O)(=O)O)cc2c1. The van der Waals surface area contributed by atoms with Crippen LogP contribution in [-0.2, 0) is 20.2 Å². The molecule has 4 rings (SSSR count). The van der Waals surface area contributed by atoms with Crippen LogP contribution in [0.2, 0.25) is 0 Å². The largest absolute Gasteiger partial charge is 0.505 e. The molecule has 0 atom stereocenters. The predicted octanol–water partition coefficient (Wildman–Crippen LogP) is 4.19. The molecule has 164 valence electrons. The molecule has 5 N–H and O–H groups in total. The number of rotatable bonds is 4. The molecule has 0 radical (unpaired) electrons. The lowest BCUT2D eigenvalue weighted by atomic mass is 10.1. The van der Waals surface area contributed by atoms with Crippen molar-refractivity contribution in [3.8, 4) is 5.75 Å². The van der Waals surface area contributed by atoms with Crippen molar-refractivity contribution in [1.82, 2.24) is 0 Å². The first-order valence-electron chi connectivity index (χ1n) is 8.90. The van der Waals surface area contributed by atoms with E-state index in [0.29, 0.717) is 11.1 Å². The summed E-state index contributed by atoms with van der Waals surface area (Å²) in [5, 5.41) is 19.2. The summed E-state index contributed by atoms with van der Waals surface area (Å²) in [6.45, 7) is 0. The number of fused-ring (bicyclic) bond motifs is 2. The third-order valence-electron chi connectivity index (χ3n) is 4.73. The van der Waals surface area contributed by atoms with Gasteiger partial charge in [0.2, 0.25) is 0 Å². The topological polar surface area (TPSA) is 180 Å². The molecule has 32 heavy (non-hydrogen) atoms. The highest BCUT2D eigenvalue weighted by Gasteiger charge is 2.23. The Morgan fingerprint density at radius 2 is 1.47 bits per heavy atom. The monoisotopic (exact) mass is 473 g/mol. The van der Waals surface area contributed by atoms with Crippen LogP contribution in [0.1, 0.15) is 0 Å². The number of phenols is 1. The van der Waals surface area contributed by atoms with E-state index in [0.717, 1.165) is 6.07 Å². The maximum absolute atomic E-state index is 12.0. The first-order chi connectivity index (χ1) is 15.0. The fourth-order valence-corrected chi connectivity index (χ4v) is 4.84. The van der Waals surface area contributed by atoms with Gasteiger partial charge in [-0.3, -0.25) is 9.11 Å². The maximum Gasteiger partial charge on any atom is 0.297 e. The van der Waals surface area contributed by atoms with Gasteiger partial charge in [-0.1, -0.05) is 30.3 Å². The van der Waals surface area contributed by atoms with Gasteiger partial charge in [-0.2, -0.15) is 16.8 Å². The number of aromatic hydroxyl groups is 1. The summed E-state index contributed by atoms with van der Waals surface area (Å²) in [6.07, 6.45) is 0. The fraction of sp³-hybridized carbons (Fsp3) is 0. The number of phenolic OH excluding ortho intramolecular Hbond substituents is 1. The molecule has 0 fully saturated rings. The van der Waals surface area contributed by atoms with E-state index in [9.17, 15) is 31.0 Å². The number of hydrogen-bond donors (Lipinski definition) is 4. The number of anilines is 1. The smallest absolute Gasteiger partial charge is 0.297 e. The van der Waals surface area contributed by atoms with E-state index in [1.165, 1.54) is 36.4 Å². The second-order valence-corrected chi connectivity index (χ2v) is 9.59. The second kappa shape index (κ2) is 7.53. The van der Waals surface area contributed by atoms with Gasteiger partial charge >= 0.3 is 0 Å². The summed E-state index contributed by atoms with van der Waals surface area (Å²) in [7, 11) is -9.61. The summed E-state index contributed by atoms with van der Waals surface area (Å²) in [5.74, 6) is -0.618. The third kappa shape index (κ3) is 3.87. The standard InChI is InChI=1S/C20H15N3O7S2/c21-13-6-7-14-12(9-13)10-17(31(25,26)27)18(19(14)24)23-22-16-8-5-11-3-1-2-4-15(11)20(16)32(28,29)30/h1-10,24H,21H2,(H,25,26,27)(H,28,29,30). The number of nitrogens with zero attached hydrogens (tertiary/aromatic N) is 2. The average Bonchev–Trinajstić information content (AvgIpc) is 2.70. The molecular formula is C20H15N3O7S2. The molecule has 0 aliphatic rings. The van der Waals surface area contributed by atoms with Gasteiger partial charge in [0.1, 0.15) is 21.2 Å². The first-order valence-corrected chi connectivity index (χ1v) is 11.8. The Morgan fingerprint density at radius 1 is 0.750 bits per heavy atom. The minimum Gasteiger partial charge on any atom is -0.505 e. The fourth-order valence-electron chi connectivity index (χ4n) is 3.35. The van der Waals surface area contributed by atoms with Gasteiger partial charge in [-0.25, -0.2) is 0 Å². The van der Waals surface area contributed by atoms with Crippen LogP contribution in [0.15, 0.2) is 80.7 Å². The van der Waals surface area contributed by atoms with Crippen LogP contribution < -0.4 is 5.73 Å². The van der Waals surface area contributed by atoms with Gasteiger partial charge in [-0.15, -0.1) is 10.2 Å². The molecule has 4 aromatic rings. The van der Waals surface area contributed by atoms with Crippen molar-refractivity contribution in [1.29, 1.82) is 0 Å². The molecule has 0 saturated carbocycles. The van der Waals surface area contributed by atoms with E-state index in [1.54, 1.807) is 18.2 Å². The van der Waals surface area contributed by atoms with Crippen molar-refractivity contribution in [3.05, 3.63) is 60.7 Å². The van der Waals surface area contributed by atoms with Crippen LogP contribution in [0, 0.1) is 0 Å². The van der Waals surface area contributed by atoms with Gasteiger partial charge < -0.3 is 10.8 Å². The lowest BCUT2D eigenvalue weighted by Gasteiger charge is -2.10. The minimum atomic E-state index is -4.86. The summed E-state index contributed by atoms with van der Waals surface area (Å²) >= 11 is 0. The number of nitrogens with two attached hydrogens (primary N) is 1. The Morgan fingerprint density at radius 3 is 2.16 bits per heavy atom. The lowest BCUT2D eigenvalue weighted by molar-refractivity contribution is 0.472. The van der Waals surface area contributed by atoms with Crippen LogP contribution in [0.3, 0.4) is 0 Å². The molecule has 0 saturated heterocycles. The molecule has 0 heterocycles. The Hall–Kier alpha value is -3.58. The van der Waals surface area contributed by atoms with E-state index < -0.39 is 41.5 Å². The Labute approximate surface area is 182 Å². The Kier molecular flexibility index (Phi) is 5.09. The quantitative estimate of drug-likeness (QED) is 0.193. The minimum absolute atomic E-state index is 0.166. The molecule has 0 aliphatic carbocycles. The van der Waals surface area contributed by atoms with Crippen LogP contribution in [0.4, 0.5) is 17.1 Å². The highest BCUT2D eigenvalue weighted by molar-refractivity contribution is 7.86. The maximum atomic E-state index is 12.0. The van der Waals surface area contributed by atoms with Gasteiger partial charge in [-0.05, 0) is 41.1 Å². The zero-order valence-electron chi connectivity index (χ0n) is 16.0. The molecule has 12 heteroatoms. The van der Waals surface area contributed by atoms with Crippen LogP contribution in [0.5, 0.6) is 5.75 Å². The molecular weight excluding hydrogens is 458 g/mol. The predicted molar refractivity (Wildman–Crippen MR) is 118 cm³/mol. The summed E-state index contributed by atoms with van der Waals surface area (Å²) < 4.78 is 67.3. The summed E-state index contributed by atoms with van der Waals surface area (Å²) in [5.41, 5.74) is 5.07. The average molecular weight is 473 g/mol. The van der Waals surface area contributed by atoms with Crippen molar-refractivity contribution in [2.75, 3.05) is 5.73 Å². The van der Waals surface area contributed by atoms with E-state index >= 15 is 0 Å². The van der Waals surface area contributed by atoms with Crippen LogP contribution in [0.25, 0.3) is 21.5 Å². The van der Waals surface area contributed by atoms with Crippen molar-refractivity contribution in [2.45, 2.75) is 9.79 Å². The normalized spacial score (nSPS) is 12.7. The van der Waals surface area contributed by atoms with Crippen molar-refractivity contribution in [2.24, 2.45) is 10.2 Å². The van der Waals surface area contributed by atoms with Gasteiger partial charge in [0.15, 0.2) is 5.75 Å². The number of azo groups is 1. The molecule has 0 aliphatic heterocycles. The van der Waals surface area contributed by atoms with E-state index in [4.69, 9.17) is 5.73 Å². The summed E-state index contributed by atoms with van der Waals surface area (Å²) in [6, 6.07) is 14.5. The highest BCUT2D eigenvalue weighted by atomic mass is 32.2. The van der Waals surface area contributed by atoms with Crippen molar-refractivity contribution < 1.29 is 31.0 Å². The third-order valence-corrected chi connectivity index (χ3v) is 6.54. The van der Waals surface area contributed by atoms with E-state index in [-0.39, 0.29) is 21.8 Å². The van der Waals surface area contributed by atoms with Crippen molar-refractivity contribution in [3.63, 3.8) is 0 Å². The van der Waals surface area contributed by atoms with Gasteiger partial charge in [0, 0.05) is 16.5 Å². The van der Waals surface area contributed by atoms with Gasteiger partial charge in [0.25, 0.3) is 20.2 Å². The van der Waals surface area contributed by atoms with Crippen LogP contribution >= 0.6 is 0 Å². The Balaban J connectivity index is 2.00. The molecule has 4 aromatic carbocycles. The summed E-state index contributed by atoms with van der Waals surface area (Å²) in [4.78, 5) is -1.30. The zero-order valence-corrected chi connectivity index (χ0v) is 17.7. The molecule has 0 amide bonds. The number of benzene rings is 4. The van der Waals surface area contributed by atoms with Gasteiger partial charge in [0.05, 0.1) is 0 Å². The van der Waals surface area contributed by atoms with E-state index in [2.05, 4.69) is 10.2 Å². The van der Waals surface area contributed by atoms with Crippen molar-refractivity contribution >= 4 is 58.8 Å². The molecule has 0 bridgehead atoms. The zero-order chi connectivity index (χ0) is 23.3.